The van der Waals surface area contributed by atoms with Gasteiger partial charge in [-0.15, -0.1) is 0 Å². The lowest BCUT2D eigenvalue weighted by Gasteiger charge is -2.23. The zero-order chi connectivity index (χ0) is 19.8. The van der Waals surface area contributed by atoms with Crippen molar-refractivity contribution in [1.29, 1.82) is 0 Å². The molecule has 0 aliphatic rings. The summed E-state index contributed by atoms with van der Waals surface area (Å²) < 4.78 is 2.32. The highest BCUT2D eigenvalue weighted by Crippen LogP contribution is 2.36. The fraction of sp³-hybridized carbons (Fsp3) is 0.0769. The number of hydrogen-bond donors (Lipinski definition) is 1. The topological polar surface area (TPSA) is 28.4 Å². The number of fused-ring (bicyclic) bond motifs is 3. The van der Waals surface area contributed by atoms with Crippen LogP contribution in [-0.2, 0) is 0 Å². The molecule has 0 aliphatic carbocycles. The van der Waals surface area contributed by atoms with E-state index in [2.05, 4.69) is 83.1 Å². The fourth-order valence-electron chi connectivity index (χ4n) is 4.13. The van der Waals surface area contributed by atoms with Crippen molar-refractivity contribution in [2.75, 3.05) is 11.4 Å². The molecule has 0 saturated heterocycles. The van der Waals surface area contributed by atoms with Crippen molar-refractivity contribution in [2.45, 2.75) is 6.92 Å². The number of phenols is 1. The van der Waals surface area contributed by atoms with Crippen molar-refractivity contribution < 1.29 is 5.11 Å². The summed E-state index contributed by atoms with van der Waals surface area (Å²) >= 11 is 0. The minimum Gasteiger partial charge on any atom is -0.508 e. The van der Waals surface area contributed by atoms with Gasteiger partial charge >= 0.3 is 0 Å². The van der Waals surface area contributed by atoms with Crippen molar-refractivity contribution in [3.63, 3.8) is 0 Å². The Morgan fingerprint density at radius 1 is 0.690 bits per heavy atom. The lowest BCUT2D eigenvalue weighted by Crippen LogP contribution is -2.15. The number of benzene rings is 4. The molecule has 0 bridgehead atoms. The van der Waals surface area contributed by atoms with Crippen LogP contribution in [0.25, 0.3) is 27.5 Å². The third-order valence-corrected chi connectivity index (χ3v) is 5.46. The lowest BCUT2D eigenvalue weighted by molar-refractivity contribution is 0.475. The molecule has 1 heterocycles. The molecule has 1 aromatic heterocycles. The monoisotopic (exact) mass is 378 g/mol. The average Bonchev–Trinajstić information content (AvgIpc) is 3.10. The van der Waals surface area contributed by atoms with Crippen LogP contribution in [0.4, 0.5) is 11.4 Å². The van der Waals surface area contributed by atoms with Gasteiger partial charge < -0.3 is 14.6 Å². The number of aromatic nitrogens is 1. The molecule has 0 fully saturated rings. The van der Waals surface area contributed by atoms with Gasteiger partial charge in [-0.1, -0.05) is 36.4 Å². The van der Waals surface area contributed by atoms with E-state index in [0.29, 0.717) is 0 Å². The summed E-state index contributed by atoms with van der Waals surface area (Å²) in [6.07, 6.45) is 0. The average molecular weight is 378 g/mol. The van der Waals surface area contributed by atoms with E-state index in [-0.39, 0.29) is 5.75 Å². The molecule has 0 amide bonds. The van der Waals surface area contributed by atoms with Crippen LogP contribution in [0, 0.1) is 0 Å². The molecule has 5 rings (SSSR count). The van der Waals surface area contributed by atoms with Crippen molar-refractivity contribution in [1.82, 2.24) is 4.57 Å². The van der Waals surface area contributed by atoms with Gasteiger partial charge in [0.1, 0.15) is 5.75 Å². The van der Waals surface area contributed by atoms with E-state index in [1.165, 1.54) is 21.8 Å². The van der Waals surface area contributed by atoms with Crippen LogP contribution in [0.2, 0.25) is 0 Å². The first-order valence-corrected chi connectivity index (χ1v) is 9.91. The Hall–Kier alpha value is -3.72. The summed E-state index contributed by atoms with van der Waals surface area (Å²) in [5.41, 5.74) is 5.77. The standard InChI is InChI=1S/C26H22N2O/c1-2-27(19-12-15-22(29)16-13-19)21-14-17-26-24(18-21)23-10-6-7-11-25(23)28(26)20-8-4-3-5-9-20/h3-18,29H,2H2,1H3. The molecule has 3 nitrogen and oxygen atoms in total. The van der Waals surface area contributed by atoms with Crippen molar-refractivity contribution in [3.05, 3.63) is 97.1 Å². The molecule has 0 unspecified atom stereocenters. The van der Waals surface area contributed by atoms with Crippen molar-refractivity contribution in [2.24, 2.45) is 0 Å². The summed E-state index contributed by atoms with van der Waals surface area (Å²) in [4.78, 5) is 2.26. The Morgan fingerprint density at radius 2 is 1.34 bits per heavy atom. The maximum absolute atomic E-state index is 9.63. The van der Waals surface area contributed by atoms with Gasteiger partial charge in [-0.25, -0.2) is 0 Å². The first kappa shape index (κ1) is 17.4. The maximum atomic E-state index is 9.63. The second-order valence-electron chi connectivity index (χ2n) is 7.15. The van der Waals surface area contributed by atoms with Crippen LogP contribution >= 0.6 is 0 Å². The van der Waals surface area contributed by atoms with Crippen molar-refractivity contribution >= 4 is 33.2 Å². The van der Waals surface area contributed by atoms with Crippen LogP contribution in [0.3, 0.4) is 0 Å². The number of aromatic hydroxyl groups is 1. The second kappa shape index (κ2) is 7.02. The van der Waals surface area contributed by atoms with Gasteiger partial charge in [0.05, 0.1) is 11.0 Å². The fourth-order valence-corrected chi connectivity index (χ4v) is 4.13. The minimum atomic E-state index is 0.284. The Kier molecular flexibility index (Phi) is 4.21. The molecule has 4 aromatic carbocycles. The summed E-state index contributed by atoms with van der Waals surface area (Å²) in [5, 5.41) is 12.1. The normalized spacial score (nSPS) is 11.2. The molecule has 0 radical (unpaired) electrons. The van der Waals surface area contributed by atoms with Gasteiger partial charge in [0.15, 0.2) is 0 Å². The van der Waals surface area contributed by atoms with Crippen LogP contribution in [0.5, 0.6) is 5.75 Å². The third kappa shape index (κ3) is 2.92. The number of para-hydroxylation sites is 2. The molecule has 3 heteroatoms. The van der Waals surface area contributed by atoms with E-state index in [1.54, 1.807) is 12.1 Å². The summed E-state index contributed by atoms with van der Waals surface area (Å²) in [5.74, 6) is 0.284. The minimum absolute atomic E-state index is 0.284. The molecule has 5 aromatic rings. The highest BCUT2D eigenvalue weighted by molar-refractivity contribution is 6.10. The van der Waals surface area contributed by atoms with E-state index in [9.17, 15) is 5.11 Å². The first-order chi connectivity index (χ1) is 14.3. The largest absolute Gasteiger partial charge is 0.508 e. The number of anilines is 2. The van der Waals surface area contributed by atoms with Crippen LogP contribution in [0.1, 0.15) is 6.92 Å². The Balaban J connectivity index is 1.73. The van der Waals surface area contributed by atoms with E-state index in [1.807, 2.05) is 18.2 Å². The lowest BCUT2D eigenvalue weighted by atomic mass is 10.1. The molecule has 0 saturated carbocycles. The molecule has 0 spiro atoms. The molecule has 0 aliphatic heterocycles. The van der Waals surface area contributed by atoms with E-state index in [0.717, 1.165) is 23.6 Å². The highest BCUT2D eigenvalue weighted by Gasteiger charge is 2.14. The molecule has 142 valence electrons. The first-order valence-electron chi connectivity index (χ1n) is 9.91. The van der Waals surface area contributed by atoms with E-state index in [4.69, 9.17) is 0 Å². The number of nitrogens with zero attached hydrogens (tertiary/aromatic N) is 2. The van der Waals surface area contributed by atoms with Gasteiger partial charge in [0.2, 0.25) is 0 Å². The SMILES string of the molecule is CCN(c1ccc(O)cc1)c1ccc2c(c1)c1ccccc1n2-c1ccccc1. The number of rotatable bonds is 4. The molecule has 0 atom stereocenters. The smallest absolute Gasteiger partial charge is 0.115 e. The Labute approximate surface area is 170 Å². The Morgan fingerprint density at radius 3 is 2.10 bits per heavy atom. The van der Waals surface area contributed by atoms with Gasteiger partial charge in [-0.05, 0) is 67.6 Å². The zero-order valence-electron chi connectivity index (χ0n) is 16.3. The van der Waals surface area contributed by atoms with Gasteiger partial charge in [-0.2, -0.15) is 0 Å². The Bertz CT molecular complexity index is 1290. The van der Waals surface area contributed by atoms with Crippen molar-refractivity contribution in [3.8, 4) is 11.4 Å². The second-order valence-corrected chi connectivity index (χ2v) is 7.15. The van der Waals surface area contributed by atoms with E-state index >= 15 is 0 Å². The molecular formula is C26H22N2O. The maximum Gasteiger partial charge on any atom is 0.115 e. The molecule has 1 N–H and O–H groups in total. The summed E-state index contributed by atoms with van der Waals surface area (Å²) in [7, 11) is 0. The predicted octanol–water partition coefficient (Wildman–Crippen LogP) is 6.65. The highest BCUT2D eigenvalue weighted by atomic mass is 16.3. The van der Waals surface area contributed by atoms with Crippen LogP contribution < -0.4 is 4.90 Å². The van der Waals surface area contributed by atoms with Gasteiger partial charge in [0, 0.05) is 34.4 Å². The quantitative estimate of drug-likeness (QED) is 0.379. The van der Waals surface area contributed by atoms with Gasteiger partial charge in [0.25, 0.3) is 0 Å². The zero-order valence-corrected chi connectivity index (χ0v) is 16.3. The molecule has 29 heavy (non-hydrogen) atoms. The number of hydrogen-bond acceptors (Lipinski definition) is 2. The van der Waals surface area contributed by atoms with Gasteiger partial charge in [-0.3, -0.25) is 0 Å². The summed E-state index contributed by atoms with van der Waals surface area (Å²) in [6.45, 7) is 2.98. The summed E-state index contributed by atoms with van der Waals surface area (Å²) in [6, 6.07) is 33.1. The number of phenolic OH excluding ortho intramolecular Hbond substituents is 1. The predicted molar refractivity (Wildman–Crippen MR) is 122 cm³/mol. The van der Waals surface area contributed by atoms with Crippen LogP contribution in [-0.4, -0.2) is 16.2 Å². The third-order valence-electron chi connectivity index (χ3n) is 5.46. The van der Waals surface area contributed by atoms with E-state index < -0.39 is 0 Å². The van der Waals surface area contributed by atoms with Crippen LogP contribution in [0.15, 0.2) is 97.1 Å². The molecular weight excluding hydrogens is 356 g/mol.